The zero-order valence-electron chi connectivity index (χ0n) is 21.0. The maximum Gasteiger partial charge on any atom is 0.170 e. The molecule has 32 heavy (non-hydrogen) atoms. The minimum Gasteiger partial charge on any atom is -0.299 e. The summed E-state index contributed by atoms with van der Waals surface area (Å²) >= 11 is 0. The lowest BCUT2D eigenvalue weighted by molar-refractivity contribution is -0.118. The second-order valence-corrected chi connectivity index (χ2v) is 10.2. The van der Waals surface area contributed by atoms with Crippen molar-refractivity contribution in [3.05, 3.63) is 35.4 Å². The van der Waals surface area contributed by atoms with Crippen LogP contribution in [0.4, 0.5) is 0 Å². The maximum absolute atomic E-state index is 12.3. The van der Waals surface area contributed by atoms with Crippen LogP contribution >= 0.6 is 0 Å². The van der Waals surface area contributed by atoms with Crippen LogP contribution in [0.15, 0.2) is 24.3 Å². The van der Waals surface area contributed by atoms with Gasteiger partial charge in [0.1, 0.15) is 5.78 Å². The van der Waals surface area contributed by atoms with E-state index in [1.165, 1.54) is 102 Å². The average molecular weight is 441 g/mol. The Hall–Kier alpha value is -1.44. The molecular weight excluding hydrogens is 392 g/mol. The highest BCUT2D eigenvalue weighted by Gasteiger charge is 2.22. The summed E-state index contributed by atoms with van der Waals surface area (Å²) in [7, 11) is 0. The number of hydrogen-bond acceptors (Lipinski definition) is 2. The van der Waals surface area contributed by atoms with Crippen molar-refractivity contribution in [3.63, 3.8) is 0 Å². The maximum atomic E-state index is 12.3. The summed E-state index contributed by atoms with van der Waals surface area (Å²) in [6, 6.07) is 8.13. The fourth-order valence-corrected chi connectivity index (χ4v) is 5.29. The Bertz CT molecular complexity index is 637. The molecule has 0 unspecified atom stereocenters. The van der Waals surface area contributed by atoms with Gasteiger partial charge in [-0.25, -0.2) is 0 Å². The van der Waals surface area contributed by atoms with E-state index in [0.29, 0.717) is 17.9 Å². The topological polar surface area (TPSA) is 34.1 Å². The molecule has 2 rings (SSSR count). The fourth-order valence-electron chi connectivity index (χ4n) is 5.29. The van der Waals surface area contributed by atoms with E-state index in [2.05, 4.69) is 19.1 Å². The minimum absolute atomic E-state index is 0.0322. The van der Waals surface area contributed by atoms with Crippen LogP contribution in [-0.2, 0) is 4.79 Å². The van der Waals surface area contributed by atoms with E-state index in [1.807, 2.05) is 19.1 Å². The average Bonchev–Trinajstić information content (AvgIpc) is 2.81. The van der Waals surface area contributed by atoms with Crippen molar-refractivity contribution in [1.29, 1.82) is 0 Å². The second kappa shape index (κ2) is 16.2. The number of carbonyl (C=O) groups excluding carboxylic acids is 2. The van der Waals surface area contributed by atoms with Gasteiger partial charge in [-0.2, -0.15) is 0 Å². The number of unbranched alkanes of at least 4 members (excludes halogenated alkanes) is 9. The van der Waals surface area contributed by atoms with Crippen LogP contribution < -0.4 is 0 Å². The molecule has 0 bridgehead atoms. The molecule has 0 amide bonds. The van der Waals surface area contributed by atoms with Crippen LogP contribution in [0, 0.1) is 5.92 Å². The second-order valence-electron chi connectivity index (χ2n) is 10.2. The lowest BCUT2D eigenvalue weighted by atomic mass is 9.77. The van der Waals surface area contributed by atoms with Crippen molar-refractivity contribution >= 4 is 11.6 Å². The summed E-state index contributed by atoms with van der Waals surface area (Å²) in [6.07, 6.45) is 22.3. The third kappa shape index (κ3) is 10.5. The highest BCUT2D eigenvalue weighted by molar-refractivity contribution is 6.07. The van der Waals surface area contributed by atoms with E-state index >= 15 is 0 Å². The summed E-state index contributed by atoms with van der Waals surface area (Å²) < 4.78 is 0. The van der Waals surface area contributed by atoms with Crippen molar-refractivity contribution in [2.24, 2.45) is 5.92 Å². The Labute approximate surface area is 198 Å². The van der Waals surface area contributed by atoms with Crippen molar-refractivity contribution in [3.8, 4) is 0 Å². The van der Waals surface area contributed by atoms with Gasteiger partial charge in [0.15, 0.2) is 5.78 Å². The molecule has 0 heterocycles. The monoisotopic (exact) mass is 440 g/mol. The molecule has 1 aliphatic carbocycles. The molecule has 0 saturated heterocycles. The zero-order valence-corrected chi connectivity index (χ0v) is 21.0. The number of hydrogen-bond donors (Lipinski definition) is 0. The van der Waals surface area contributed by atoms with Gasteiger partial charge in [-0.3, -0.25) is 9.59 Å². The summed E-state index contributed by atoms with van der Waals surface area (Å²) in [5.74, 6) is 1.59. The first-order valence-electron chi connectivity index (χ1n) is 13.8. The molecule has 1 fully saturated rings. The van der Waals surface area contributed by atoms with E-state index in [0.717, 1.165) is 12.3 Å². The summed E-state index contributed by atoms with van der Waals surface area (Å²) in [5, 5.41) is 0. The van der Waals surface area contributed by atoms with Crippen LogP contribution in [0.3, 0.4) is 0 Å². The van der Waals surface area contributed by atoms with Gasteiger partial charge in [-0.1, -0.05) is 109 Å². The molecule has 2 nitrogen and oxygen atoms in total. The van der Waals surface area contributed by atoms with E-state index in [9.17, 15) is 9.59 Å². The van der Waals surface area contributed by atoms with Crippen LogP contribution in [0.2, 0.25) is 0 Å². The largest absolute Gasteiger partial charge is 0.299 e. The number of carbonyl (C=O) groups is 2. The first kappa shape index (κ1) is 26.8. The van der Waals surface area contributed by atoms with E-state index < -0.39 is 0 Å². The Kier molecular flexibility index (Phi) is 13.6. The molecule has 1 aromatic rings. The Balaban J connectivity index is 1.57. The lowest BCUT2D eigenvalue weighted by Gasteiger charge is -2.29. The summed E-state index contributed by atoms with van der Waals surface area (Å²) in [5.41, 5.74) is 2.06. The first-order chi connectivity index (χ1) is 15.6. The molecule has 1 aromatic carbocycles. The minimum atomic E-state index is -0.0322. The normalized spacial score (nSPS) is 18.6. The first-order valence-corrected chi connectivity index (χ1v) is 13.8. The van der Waals surface area contributed by atoms with Gasteiger partial charge in [-0.05, 0) is 49.5 Å². The Morgan fingerprint density at radius 3 is 1.84 bits per heavy atom. The standard InChI is InChI=1S/C30H48O2/c1-3-5-6-7-8-9-10-11-12-13-15-25-16-18-26(19-17-25)27-20-22-28(23-21-27)30(32)24-29(31)14-4-2/h20-23,25-26H,3-19,24H2,1-2H3. The number of rotatable bonds is 17. The van der Waals surface area contributed by atoms with E-state index in [1.54, 1.807) is 0 Å². The molecule has 0 radical (unpaired) electrons. The van der Waals surface area contributed by atoms with Crippen molar-refractivity contribution in [1.82, 2.24) is 0 Å². The van der Waals surface area contributed by atoms with Gasteiger partial charge in [-0.15, -0.1) is 0 Å². The number of Topliss-reactive ketones (excluding diaryl/α,β-unsaturated/α-hetero) is 2. The van der Waals surface area contributed by atoms with Gasteiger partial charge in [0.25, 0.3) is 0 Å². The van der Waals surface area contributed by atoms with Gasteiger partial charge in [0, 0.05) is 12.0 Å². The fraction of sp³-hybridized carbons (Fsp3) is 0.733. The van der Waals surface area contributed by atoms with E-state index in [-0.39, 0.29) is 18.0 Å². The molecule has 2 heteroatoms. The molecule has 0 spiro atoms. The van der Waals surface area contributed by atoms with Gasteiger partial charge in [0.2, 0.25) is 0 Å². The third-order valence-electron chi connectivity index (χ3n) is 7.40. The molecular formula is C30H48O2. The van der Waals surface area contributed by atoms with Gasteiger partial charge >= 0.3 is 0 Å². The number of benzene rings is 1. The van der Waals surface area contributed by atoms with Crippen molar-refractivity contribution in [2.45, 2.75) is 135 Å². The zero-order chi connectivity index (χ0) is 23.0. The SMILES string of the molecule is CCCCCCCCCCCCC1CCC(c2ccc(C(=O)CC(=O)CCC)cc2)CC1. The smallest absolute Gasteiger partial charge is 0.170 e. The molecule has 0 N–H and O–H groups in total. The van der Waals surface area contributed by atoms with Gasteiger partial charge in [0.05, 0.1) is 6.42 Å². The van der Waals surface area contributed by atoms with Crippen LogP contribution in [-0.4, -0.2) is 11.6 Å². The van der Waals surface area contributed by atoms with Gasteiger partial charge < -0.3 is 0 Å². The molecule has 0 atom stereocenters. The summed E-state index contributed by atoms with van der Waals surface area (Å²) in [6.45, 7) is 4.26. The lowest BCUT2D eigenvalue weighted by Crippen LogP contribution is -2.13. The van der Waals surface area contributed by atoms with Crippen LogP contribution in [0.1, 0.15) is 151 Å². The van der Waals surface area contributed by atoms with Crippen molar-refractivity contribution in [2.75, 3.05) is 0 Å². The summed E-state index contributed by atoms with van der Waals surface area (Å²) in [4.78, 5) is 24.0. The molecule has 0 aliphatic heterocycles. The Morgan fingerprint density at radius 2 is 1.28 bits per heavy atom. The molecule has 0 aromatic heterocycles. The molecule has 1 aliphatic rings. The highest BCUT2D eigenvalue weighted by atomic mass is 16.1. The Morgan fingerprint density at radius 1 is 0.719 bits per heavy atom. The number of ketones is 2. The quantitative estimate of drug-likeness (QED) is 0.137. The van der Waals surface area contributed by atoms with Crippen LogP contribution in [0.5, 0.6) is 0 Å². The highest BCUT2D eigenvalue weighted by Crippen LogP contribution is 2.37. The van der Waals surface area contributed by atoms with E-state index in [4.69, 9.17) is 0 Å². The molecule has 180 valence electrons. The predicted molar refractivity (Wildman–Crippen MR) is 136 cm³/mol. The van der Waals surface area contributed by atoms with Crippen LogP contribution in [0.25, 0.3) is 0 Å². The third-order valence-corrected chi connectivity index (χ3v) is 7.40. The predicted octanol–water partition coefficient (Wildman–Crippen LogP) is 9.21. The van der Waals surface area contributed by atoms with Crippen molar-refractivity contribution < 1.29 is 9.59 Å². The molecule has 1 saturated carbocycles.